The first-order valence-electron chi connectivity index (χ1n) is 13.7. The van der Waals surface area contributed by atoms with Gasteiger partial charge in [-0.05, 0) is 87.8 Å². The van der Waals surface area contributed by atoms with Crippen LogP contribution >= 0.6 is 11.6 Å². The molecule has 2 heterocycles. The Balaban J connectivity index is 1.80. The lowest BCUT2D eigenvalue weighted by atomic mass is 9.87. The summed E-state index contributed by atoms with van der Waals surface area (Å²) in [7, 11) is -4.14. The van der Waals surface area contributed by atoms with Crippen LogP contribution in [-0.4, -0.2) is 53.8 Å². The minimum Gasteiger partial charge on any atom is -0.473 e. The predicted molar refractivity (Wildman–Crippen MR) is 159 cm³/mol. The van der Waals surface area contributed by atoms with Crippen molar-refractivity contribution in [1.29, 1.82) is 0 Å². The Morgan fingerprint density at radius 1 is 1.29 bits per heavy atom. The second-order valence-corrected chi connectivity index (χ2v) is 13.2. The number of aromatic nitrogens is 2. The molecule has 0 saturated heterocycles. The first kappa shape index (κ1) is 31.0. The minimum atomic E-state index is -4.14. The molecule has 41 heavy (non-hydrogen) atoms. The smallest absolute Gasteiger partial charge is 0.271 e. The number of nitrogens with zero attached hydrogens (tertiary/aromatic N) is 3. The number of anilines is 1. The maximum atomic E-state index is 14.6. The van der Waals surface area contributed by atoms with E-state index in [0.29, 0.717) is 53.2 Å². The molecular formula is C30H37ClFN3O5S. The third-order valence-corrected chi connectivity index (χ3v) is 9.21. The van der Waals surface area contributed by atoms with Gasteiger partial charge in [-0.15, -0.1) is 5.10 Å². The zero-order valence-electron chi connectivity index (χ0n) is 23.8. The van der Waals surface area contributed by atoms with Gasteiger partial charge in [0.1, 0.15) is 12.4 Å². The molecule has 1 atom stereocenters. The molecule has 2 N–H and O–H groups in total. The van der Waals surface area contributed by atoms with Crippen LogP contribution in [0.2, 0.25) is 5.02 Å². The normalized spacial score (nSPS) is 16.1. The number of benzene rings is 2. The molecule has 4 rings (SSSR count). The Kier molecular flexibility index (Phi) is 9.48. The fraction of sp³-hybridized carbons (Fsp3) is 0.433. The van der Waals surface area contributed by atoms with E-state index in [1.807, 2.05) is 19.1 Å². The van der Waals surface area contributed by atoms with Crippen molar-refractivity contribution >= 4 is 39.0 Å². The standard InChI is InChI=1S/C30H37ClFN3O5S/c1-5-34-19-27(29(33-34)40-14-13-36)41(38,39)35-18-22(11-12-30(3,4)37)16-23-10-9-21(17-26(23)35)15-20(2)28-24(31)7-6-8-25(28)32/h6-10,15,17,19,22,36-37H,5,11-14,16,18H2,1-4H3/b20-15+/t22-/m1/s1. The average Bonchev–Trinajstić information content (AvgIpc) is 3.34. The van der Waals surface area contributed by atoms with E-state index in [4.69, 9.17) is 16.3 Å². The number of hydrogen-bond acceptors (Lipinski definition) is 6. The van der Waals surface area contributed by atoms with Crippen LogP contribution in [0.1, 0.15) is 57.2 Å². The van der Waals surface area contributed by atoms with Crippen molar-refractivity contribution in [3.63, 3.8) is 0 Å². The van der Waals surface area contributed by atoms with E-state index < -0.39 is 21.4 Å². The quantitative estimate of drug-likeness (QED) is 0.278. The Labute approximate surface area is 246 Å². The lowest BCUT2D eigenvalue weighted by molar-refractivity contribution is 0.0637. The van der Waals surface area contributed by atoms with Gasteiger partial charge in [0.15, 0.2) is 4.90 Å². The molecule has 0 radical (unpaired) electrons. The van der Waals surface area contributed by atoms with Gasteiger partial charge >= 0.3 is 0 Å². The summed E-state index contributed by atoms with van der Waals surface area (Å²) < 4.78 is 51.5. The van der Waals surface area contributed by atoms with Gasteiger partial charge in [-0.3, -0.25) is 8.99 Å². The van der Waals surface area contributed by atoms with E-state index in [9.17, 15) is 23.0 Å². The summed E-state index contributed by atoms with van der Waals surface area (Å²) in [5, 5.41) is 24.1. The van der Waals surface area contributed by atoms with Gasteiger partial charge in [0.2, 0.25) is 0 Å². The molecule has 0 saturated carbocycles. The third kappa shape index (κ3) is 7.12. The second kappa shape index (κ2) is 12.5. The van der Waals surface area contributed by atoms with E-state index >= 15 is 0 Å². The topological polar surface area (TPSA) is 105 Å². The fourth-order valence-corrected chi connectivity index (χ4v) is 7.00. The number of aliphatic hydroxyl groups excluding tert-OH is 1. The Morgan fingerprint density at radius 2 is 2.05 bits per heavy atom. The van der Waals surface area contributed by atoms with E-state index in [1.165, 1.54) is 21.3 Å². The molecule has 2 aromatic carbocycles. The number of aryl methyl sites for hydroxylation is 1. The van der Waals surface area contributed by atoms with Crippen LogP contribution in [0.25, 0.3) is 11.6 Å². The zero-order chi connectivity index (χ0) is 29.9. The molecule has 0 spiro atoms. The van der Waals surface area contributed by atoms with Crippen molar-refractivity contribution in [3.8, 4) is 5.88 Å². The van der Waals surface area contributed by atoms with Crippen molar-refractivity contribution in [2.75, 3.05) is 24.1 Å². The minimum absolute atomic E-state index is 0.0351. The molecule has 1 aliphatic rings. The lowest BCUT2D eigenvalue weighted by Gasteiger charge is -2.36. The largest absolute Gasteiger partial charge is 0.473 e. The fourth-order valence-electron chi connectivity index (χ4n) is 5.04. The van der Waals surface area contributed by atoms with E-state index in [1.54, 1.807) is 45.0 Å². The number of aliphatic hydroxyl groups is 2. The van der Waals surface area contributed by atoms with Crippen molar-refractivity contribution in [2.24, 2.45) is 5.92 Å². The highest BCUT2D eigenvalue weighted by Crippen LogP contribution is 2.39. The molecule has 0 fully saturated rings. The Bertz CT molecular complexity index is 1510. The molecule has 0 bridgehead atoms. The highest BCUT2D eigenvalue weighted by atomic mass is 35.5. The van der Waals surface area contributed by atoms with Gasteiger partial charge in [-0.2, -0.15) is 0 Å². The molecule has 11 heteroatoms. The van der Waals surface area contributed by atoms with Crippen LogP contribution < -0.4 is 9.04 Å². The van der Waals surface area contributed by atoms with Crippen molar-refractivity contribution < 1.29 is 27.8 Å². The summed E-state index contributed by atoms with van der Waals surface area (Å²) in [6.45, 7) is 7.33. The average molecular weight is 606 g/mol. The first-order valence-corrected chi connectivity index (χ1v) is 15.5. The van der Waals surface area contributed by atoms with Crippen LogP contribution in [-0.2, 0) is 23.0 Å². The van der Waals surface area contributed by atoms with Gasteiger partial charge in [-0.25, -0.2) is 12.8 Å². The summed E-state index contributed by atoms with van der Waals surface area (Å²) in [4.78, 5) is -0.0860. The maximum Gasteiger partial charge on any atom is 0.271 e. The number of halogens is 2. The van der Waals surface area contributed by atoms with Crippen LogP contribution in [0.3, 0.4) is 0 Å². The molecule has 222 valence electrons. The Morgan fingerprint density at radius 3 is 2.71 bits per heavy atom. The summed E-state index contributed by atoms with van der Waals surface area (Å²) in [6, 6.07) is 10.1. The highest BCUT2D eigenvalue weighted by Gasteiger charge is 2.37. The summed E-state index contributed by atoms with van der Waals surface area (Å²) in [6.07, 6.45) is 5.01. The summed E-state index contributed by atoms with van der Waals surface area (Å²) in [5.74, 6) is -0.541. The number of sulfonamides is 1. The number of hydrogen-bond donors (Lipinski definition) is 2. The molecular weight excluding hydrogens is 569 g/mol. The van der Waals surface area contributed by atoms with Gasteiger partial charge in [-0.1, -0.05) is 35.9 Å². The number of allylic oxidation sites excluding steroid dienone is 1. The molecule has 0 unspecified atom stereocenters. The molecule has 0 amide bonds. The number of fused-ring (bicyclic) bond motifs is 1. The molecule has 8 nitrogen and oxygen atoms in total. The highest BCUT2D eigenvalue weighted by molar-refractivity contribution is 7.93. The van der Waals surface area contributed by atoms with Crippen LogP contribution in [0.15, 0.2) is 47.5 Å². The van der Waals surface area contributed by atoms with Crippen LogP contribution in [0.5, 0.6) is 5.88 Å². The van der Waals surface area contributed by atoms with Crippen molar-refractivity contribution in [1.82, 2.24) is 9.78 Å². The van der Waals surface area contributed by atoms with E-state index in [2.05, 4.69) is 5.10 Å². The Hall–Kier alpha value is -2.92. The SMILES string of the molecule is CCn1cc(S(=O)(=O)N2C[C@H](CCC(C)(C)O)Cc3ccc(/C=C(\C)c4c(F)cccc4Cl)cc32)c(OCCO)n1. The molecule has 1 aromatic heterocycles. The summed E-state index contributed by atoms with van der Waals surface area (Å²) >= 11 is 6.28. The zero-order valence-corrected chi connectivity index (χ0v) is 25.3. The van der Waals surface area contributed by atoms with Crippen LogP contribution in [0, 0.1) is 11.7 Å². The third-order valence-electron chi connectivity index (χ3n) is 7.13. The predicted octanol–water partition coefficient (Wildman–Crippen LogP) is 5.55. The lowest BCUT2D eigenvalue weighted by Crippen LogP contribution is -2.40. The van der Waals surface area contributed by atoms with Crippen molar-refractivity contribution in [2.45, 2.75) is 64.0 Å². The van der Waals surface area contributed by atoms with Gasteiger partial charge in [0.25, 0.3) is 15.9 Å². The molecule has 0 aliphatic carbocycles. The van der Waals surface area contributed by atoms with Crippen molar-refractivity contribution in [3.05, 3.63) is 70.1 Å². The maximum absolute atomic E-state index is 14.6. The second-order valence-electron chi connectivity index (χ2n) is 11.0. The number of rotatable bonds is 11. The van der Waals surface area contributed by atoms with E-state index in [0.717, 1.165) is 5.56 Å². The van der Waals surface area contributed by atoms with Gasteiger partial charge in [0, 0.05) is 24.8 Å². The first-order chi connectivity index (χ1) is 19.3. The van der Waals surface area contributed by atoms with E-state index in [-0.39, 0.29) is 36.5 Å². The molecule has 1 aliphatic heterocycles. The number of ether oxygens (including phenoxy) is 1. The van der Waals surface area contributed by atoms with Gasteiger partial charge < -0.3 is 14.9 Å². The monoisotopic (exact) mass is 605 g/mol. The van der Waals surface area contributed by atoms with Gasteiger partial charge in [0.05, 0.1) is 22.9 Å². The van der Waals surface area contributed by atoms with Crippen LogP contribution in [0.4, 0.5) is 10.1 Å². The molecule has 3 aromatic rings. The summed E-state index contributed by atoms with van der Waals surface area (Å²) in [5.41, 5.74) is 2.07.